The van der Waals surface area contributed by atoms with Gasteiger partial charge < -0.3 is 0 Å². The van der Waals surface area contributed by atoms with Gasteiger partial charge in [-0.1, -0.05) is 71.6 Å². The van der Waals surface area contributed by atoms with Crippen molar-refractivity contribution in [3.8, 4) is 0 Å². The van der Waals surface area contributed by atoms with E-state index in [0.29, 0.717) is 5.78 Å². The highest BCUT2D eigenvalue weighted by atomic mass is 16.1. The van der Waals surface area contributed by atoms with Crippen LogP contribution >= 0.6 is 0 Å². The molecule has 102 valence electrons. The first kappa shape index (κ1) is 16.7. The summed E-state index contributed by atoms with van der Waals surface area (Å²) in [7, 11) is 0. The van der Waals surface area contributed by atoms with Crippen LogP contribution in [-0.4, -0.2) is 5.78 Å². The summed E-state index contributed by atoms with van der Waals surface area (Å²) in [6.07, 6.45) is 17.6. The van der Waals surface area contributed by atoms with Crippen LogP contribution in [0.5, 0.6) is 0 Å². The van der Waals surface area contributed by atoms with E-state index < -0.39 is 0 Å². The second-order valence-electron chi connectivity index (χ2n) is 5.28. The highest BCUT2D eigenvalue weighted by molar-refractivity contribution is 5.78. The van der Waals surface area contributed by atoms with Crippen LogP contribution in [0.15, 0.2) is 0 Å². The van der Waals surface area contributed by atoms with E-state index in [9.17, 15) is 4.79 Å². The van der Waals surface area contributed by atoms with Gasteiger partial charge in [0.15, 0.2) is 0 Å². The molecule has 0 unspecified atom stereocenters. The average molecular weight is 240 g/mol. The molecule has 0 radical (unpaired) electrons. The van der Waals surface area contributed by atoms with Crippen molar-refractivity contribution in [3.05, 3.63) is 0 Å². The molecule has 0 atom stereocenters. The largest absolute Gasteiger partial charge is 0.300 e. The van der Waals surface area contributed by atoms with Crippen molar-refractivity contribution in [3.63, 3.8) is 0 Å². The van der Waals surface area contributed by atoms with Crippen LogP contribution < -0.4 is 0 Å². The molecule has 1 fully saturated rings. The van der Waals surface area contributed by atoms with Crippen LogP contribution in [0.25, 0.3) is 0 Å². The lowest BCUT2D eigenvalue weighted by Gasteiger charge is -2.01. The van der Waals surface area contributed by atoms with Crippen LogP contribution in [0, 0.1) is 0 Å². The molecule has 0 aromatic heterocycles. The highest BCUT2D eigenvalue weighted by Crippen LogP contribution is 2.15. The third-order valence-corrected chi connectivity index (χ3v) is 3.66. The second-order valence-corrected chi connectivity index (χ2v) is 5.28. The lowest BCUT2D eigenvalue weighted by atomic mass is 10.0. The highest BCUT2D eigenvalue weighted by Gasteiger charge is 2.02. The van der Waals surface area contributed by atoms with Crippen LogP contribution in [0.2, 0.25) is 0 Å². The predicted octanol–water partition coefficient (Wildman–Crippen LogP) is 5.67. The minimum atomic E-state index is 0. The first-order chi connectivity index (χ1) is 7.89. The molecular formula is C16H32O. The molecule has 17 heavy (non-hydrogen) atoms. The fourth-order valence-corrected chi connectivity index (χ4v) is 2.54. The molecular weight excluding hydrogens is 208 g/mol. The van der Waals surface area contributed by atoms with Gasteiger partial charge in [0.05, 0.1) is 0 Å². The second kappa shape index (κ2) is 12.1. The van der Waals surface area contributed by atoms with Crippen molar-refractivity contribution in [2.75, 3.05) is 0 Å². The summed E-state index contributed by atoms with van der Waals surface area (Å²) in [5.74, 6) is 0.509. The third kappa shape index (κ3) is 10.5. The van der Waals surface area contributed by atoms with E-state index in [0.717, 1.165) is 25.7 Å². The Morgan fingerprint density at radius 2 is 0.706 bits per heavy atom. The fraction of sp³-hybridized carbons (Fsp3) is 0.938. The van der Waals surface area contributed by atoms with E-state index in [1.807, 2.05) is 0 Å². The zero-order valence-electron chi connectivity index (χ0n) is 10.8. The Kier molecular flexibility index (Phi) is 11.9. The van der Waals surface area contributed by atoms with Crippen LogP contribution in [0.4, 0.5) is 0 Å². The number of carbonyl (C=O) groups is 1. The average Bonchev–Trinajstić information content (AvgIpc) is 2.29. The summed E-state index contributed by atoms with van der Waals surface area (Å²) < 4.78 is 0. The zero-order chi connectivity index (χ0) is 11.5. The van der Waals surface area contributed by atoms with Gasteiger partial charge >= 0.3 is 0 Å². The molecule has 0 amide bonds. The van der Waals surface area contributed by atoms with E-state index in [1.165, 1.54) is 64.2 Å². The van der Waals surface area contributed by atoms with E-state index in [-0.39, 0.29) is 7.43 Å². The fourth-order valence-electron chi connectivity index (χ4n) is 2.54. The monoisotopic (exact) mass is 240 g/mol. The SMILES string of the molecule is C.O=C1CCCCCCCCCCCCCC1. The first-order valence-electron chi connectivity index (χ1n) is 7.41. The van der Waals surface area contributed by atoms with Gasteiger partial charge in [-0.15, -0.1) is 0 Å². The van der Waals surface area contributed by atoms with Gasteiger partial charge in [0.2, 0.25) is 0 Å². The first-order valence-corrected chi connectivity index (χ1v) is 7.41. The quantitative estimate of drug-likeness (QED) is 0.533. The number of Topliss-reactive ketones (excluding diaryl/α,β-unsaturated/α-hetero) is 1. The molecule has 0 aromatic rings. The predicted molar refractivity (Wildman–Crippen MR) is 76.4 cm³/mol. The van der Waals surface area contributed by atoms with Crippen molar-refractivity contribution in [1.82, 2.24) is 0 Å². The summed E-state index contributed by atoms with van der Waals surface area (Å²) in [6.45, 7) is 0. The van der Waals surface area contributed by atoms with E-state index in [1.54, 1.807) is 0 Å². The summed E-state index contributed by atoms with van der Waals surface area (Å²) in [4.78, 5) is 11.5. The summed E-state index contributed by atoms with van der Waals surface area (Å²) >= 11 is 0. The normalized spacial score (nSPS) is 22.0. The molecule has 0 aromatic carbocycles. The maximum absolute atomic E-state index is 11.5. The molecule has 1 saturated carbocycles. The standard InChI is InChI=1S/C15H28O.CH4/c16-15-13-11-9-7-5-3-1-2-4-6-8-10-12-14-15;/h1-14H2;1H4. The Morgan fingerprint density at radius 1 is 0.471 bits per heavy atom. The van der Waals surface area contributed by atoms with E-state index in [4.69, 9.17) is 0 Å². The van der Waals surface area contributed by atoms with Gasteiger partial charge in [-0.05, 0) is 12.8 Å². The van der Waals surface area contributed by atoms with E-state index >= 15 is 0 Å². The summed E-state index contributed by atoms with van der Waals surface area (Å²) in [5, 5.41) is 0. The zero-order valence-corrected chi connectivity index (χ0v) is 10.8. The summed E-state index contributed by atoms with van der Waals surface area (Å²) in [6, 6.07) is 0. The Morgan fingerprint density at radius 3 is 1.00 bits per heavy atom. The van der Waals surface area contributed by atoms with Crippen molar-refractivity contribution in [1.29, 1.82) is 0 Å². The summed E-state index contributed by atoms with van der Waals surface area (Å²) in [5.41, 5.74) is 0. The Bertz CT molecular complexity index is 156. The van der Waals surface area contributed by atoms with Crippen LogP contribution in [-0.2, 0) is 4.79 Å². The van der Waals surface area contributed by atoms with Crippen molar-refractivity contribution in [2.45, 2.75) is 97.3 Å². The van der Waals surface area contributed by atoms with Gasteiger partial charge in [0, 0.05) is 12.8 Å². The number of rotatable bonds is 0. The van der Waals surface area contributed by atoms with Crippen molar-refractivity contribution >= 4 is 5.78 Å². The lowest BCUT2D eigenvalue weighted by molar-refractivity contribution is -0.119. The topological polar surface area (TPSA) is 17.1 Å². The molecule has 1 aliphatic rings. The molecule has 1 aliphatic carbocycles. The van der Waals surface area contributed by atoms with Gasteiger partial charge in [-0.25, -0.2) is 0 Å². The molecule has 1 nitrogen and oxygen atoms in total. The van der Waals surface area contributed by atoms with Gasteiger partial charge in [0.25, 0.3) is 0 Å². The molecule has 0 saturated heterocycles. The molecule has 0 N–H and O–H groups in total. The van der Waals surface area contributed by atoms with Crippen LogP contribution in [0.1, 0.15) is 97.3 Å². The van der Waals surface area contributed by atoms with Gasteiger partial charge in [-0.2, -0.15) is 0 Å². The molecule has 0 bridgehead atoms. The molecule has 1 heteroatoms. The van der Waals surface area contributed by atoms with Crippen LogP contribution in [0.3, 0.4) is 0 Å². The number of ketones is 1. The maximum Gasteiger partial charge on any atom is 0.132 e. The number of carbonyl (C=O) groups excluding carboxylic acids is 1. The number of hydrogen-bond donors (Lipinski definition) is 0. The van der Waals surface area contributed by atoms with E-state index in [2.05, 4.69) is 0 Å². The minimum absolute atomic E-state index is 0. The van der Waals surface area contributed by atoms with Crippen molar-refractivity contribution in [2.24, 2.45) is 0 Å². The Hall–Kier alpha value is -0.330. The smallest absolute Gasteiger partial charge is 0.132 e. The Labute approximate surface area is 108 Å². The maximum atomic E-state index is 11.5. The molecule has 1 rings (SSSR count). The third-order valence-electron chi connectivity index (χ3n) is 3.66. The molecule has 0 spiro atoms. The minimum Gasteiger partial charge on any atom is -0.300 e. The molecule has 0 heterocycles. The number of hydrogen-bond acceptors (Lipinski definition) is 1. The Balaban J connectivity index is 0.00000256. The van der Waals surface area contributed by atoms with Gasteiger partial charge in [-0.3, -0.25) is 4.79 Å². The molecule has 0 aliphatic heterocycles. The van der Waals surface area contributed by atoms with Crippen molar-refractivity contribution < 1.29 is 4.79 Å². The van der Waals surface area contributed by atoms with Gasteiger partial charge in [0.1, 0.15) is 5.78 Å². The lowest BCUT2D eigenvalue weighted by Crippen LogP contribution is -1.97.